The van der Waals surface area contributed by atoms with Crippen molar-refractivity contribution >= 4 is 40.4 Å². The van der Waals surface area contributed by atoms with E-state index in [9.17, 15) is 14.9 Å². The number of oxime groups is 1. The van der Waals surface area contributed by atoms with Gasteiger partial charge >= 0.3 is 0 Å². The van der Waals surface area contributed by atoms with Gasteiger partial charge in [-0.3, -0.25) is 9.59 Å². The molecule has 1 aliphatic rings. The lowest BCUT2D eigenvalue weighted by atomic mass is 9.98. The summed E-state index contributed by atoms with van der Waals surface area (Å²) in [6.07, 6.45) is 2.59. The van der Waals surface area contributed by atoms with E-state index in [2.05, 4.69) is 11.2 Å². The number of rotatable bonds is 8. The van der Waals surface area contributed by atoms with Gasteiger partial charge in [0, 0.05) is 28.6 Å². The van der Waals surface area contributed by atoms with Crippen molar-refractivity contribution < 1.29 is 14.4 Å². The number of halogens is 1. The summed E-state index contributed by atoms with van der Waals surface area (Å²) in [6.45, 7) is 1.85. The predicted molar refractivity (Wildman–Crippen MR) is 142 cm³/mol. The molecule has 1 aromatic heterocycles. The molecule has 2 heterocycles. The molecule has 0 fully saturated rings. The topological polar surface area (TPSA) is 93.7 Å². The number of Topliss-reactive ketones (excluding diaryl/α,β-unsaturated/α-hetero) is 1. The Morgan fingerprint density at radius 1 is 1.25 bits per heavy atom. The van der Waals surface area contributed by atoms with Crippen molar-refractivity contribution in [2.75, 3.05) is 7.11 Å². The number of nitrogens with zero attached hydrogens (tertiary/aromatic N) is 3. The smallest absolute Gasteiger partial charge is 0.252 e. The van der Waals surface area contributed by atoms with Crippen LogP contribution in [0.25, 0.3) is 11.1 Å². The van der Waals surface area contributed by atoms with Crippen molar-refractivity contribution in [3.63, 3.8) is 0 Å². The molecule has 2 aromatic carbocycles. The lowest BCUT2D eigenvalue weighted by Crippen LogP contribution is -2.30. The highest BCUT2D eigenvalue weighted by molar-refractivity contribution is 7.80. The molecule has 182 valence electrons. The fourth-order valence-electron chi connectivity index (χ4n) is 4.16. The van der Waals surface area contributed by atoms with E-state index >= 15 is 0 Å². The second kappa shape index (κ2) is 10.9. The Balaban J connectivity index is 1.61. The molecule has 1 unspecified atom stereocenters. The summed E-state index contributed by atoms with van der Waals surface area (Å²) in [5.41, 5.74) is 3.37. The third-order valence-corrected chi connectivity index (χ3v) is 6.44. The van der Waals surface area contributed by atoms with Crippen LogP contribution >= 0.6 is 23.8 Å². The quantitative estimate of drug-likeness (QED) is 0.377. The molecule has 7 nitrogen and oxygen atoms in total. The lowest BCUT2D eigenvalue weighted by Gasteiger charge is -2.20. The van der Waals surface area contributed by atoms with E-state index in [0.29, 0.717) is 45.4 Å². The molecule has 0 spiro atoms. The van der Waals surface area contributed by atoms with Gasteiger partial charge in [-0.2, -0.15) is 5.26 Å². The Morgan fingerprint density at radius 3 is 2.61 bits per heavy atom. The van der Waals surface area contributed by atoms with Gasteiger partial charge < -0.3 is 14.1 Å². The molecule has 9 heteroatoms. The normalized spacial score (nSPS) is 13.5. The molecule has 36 heavy (non-hydrogen) atoms. The number of carbonyl (C=O) groups excluding carboxylic acids is 1. The van der Waals surface area contributed by atoms with Crippen molar-refractivity contribution in [1.29, 1.82) is 5.26 Å². The van der Waals surface area contributed by atoms with Crippen LogP contribution in [0.2, 0.25) is 5.02 Å². The number of pyridine rings is 1. The number of aromatic nitrogens is 1. The monoisotopic (exact) mass is 519 g/mol. The number of benzene rings is 2. The SMILES string of the molecule is CCC(C(=O)Cc1ccc(C2=NOC(=S)C2)cc1)n1cc(OC)c(-c2cc(Cl)ccc2C#N)cc1=O. The van der Waals surface area contributed by atoms with E-state index < -0.39 is 6.04 Å². The molecule has 3 aromatic rings. The molecule has 0 aliphatic carbocycles. The number of hydrogen-bond acceptors (Lipinski definition) is 7. The van der Waals surface area contributed by atoms with Crippen molar-refractivity contribution in [3.05, 3.63) is 86.8 Å². The minimum absolute atomic E-state index is 0.106. The fraction of sp³-hybridized carbons (Fsp3) is 0.222. The molecule has 0 radical (unpaired) electrons. The molecule has 0 saturated carbocycles. The summed E-state index contributed by atoms with van der Waals surface area (Å²) in [6, 6.07) is 15.1. The molecule has 0 saturated heterocycles. The number of thiocarbonyl (C=S) groups is 1. The molecule has 0 amide bonds. The van der Waals surface area contributed by atoms with Crippen molar-refractivity contribution in [3.8, 4) is 22.9 Å². The fourth-order valence-corrected chi connectivity index (χ4v) is 4.50. The van der Waals surface area contributed by atoms with Crippen LogP contribution in [-0.2, 0) is 16.1 Å². The summed E-state index contributed by atoms with van der Waals surface area (Å²) < 4.78 is 6.93. The number of ketones is 1. The zero-order chi connectivity index (χ0) is 25.8. The second-order valence-corrected chi connectivity index (χ2v) is 9.14. The first-order valence-electron chi connectivity index (χ1n) is 11.2. The van der Waals surface area contributed by atoms with Gasteiger partial charge in [0.2, 0.25) is 5.05 Å². The van der Waals surface area contributed by atoms with Crippen molar-refractivity contribution in [1.82, 2.24) is 4.57 Å². The van der Waals surface area contributed by atoms with Gasteiger partial charge in [-0.25, -0.2) is 0 Å². The third kappa shape index (κ3) is 5.23. The van der Waals surface area contributed by atoms with Gasteiger partial charge in [0.05, 0.1) is 43.1 Å². The highest BCUT2D eigenvalue weighted by Gasteiger charge is 2.23. The molecule has 1 atom stereocenters. The first kappa shape index (κ1) is 25.3. The predicted octanol–water partition coefficient (Wildman–Crippen LogP) is 5.26. The number of nitriles is 1. The second-order valence-electron chi connectivity index (χ2n) is 8.24. The summed E-state index contributed by atoms with van der Waals surface area (Å²) in [4.78, 5) is 31.4. The lowest BCUT2D eigenvalue weighted by molar-refractivity contribution is -0.121. The summed E-state index contributed by atoms with van der Waals surface area (Å²) in [7, 11) is 1.47. The Kier molecular flexibility index (Phi) is 7.63. The van der Waals surface area contributed by atoms with E-state index in [-0.39, 0.29) is 17.8 Å². The summed E-state index contributed by atoms with van der Waals surface area (Å²) in [5.74, 6) is 0.256. The standard InChI is InChI=1S/C27H22ClN3O4S/c1-3-23(24(32)10-16-4-6-17(7-5-16)22-13-27(36)35-30-22)31-15-25(34-2)21(12-26(31)33)20-11-19(28)9-8-18(20)14-29/h4-9,11-12,15,23H,3,10,13H2,1-2H3. The molecule has 0 bridgehead atoms. The van der Waals surface area contributed by atoms with Gasteiger partial charge in [-0.05, 0) is 48.0 Å². The Hall–Kier alpha value is -3.80. The van der Waals surface area contributed by atoms with Crippen molar-refractivity contribution in [2.45, 2.75) is 32.2 Å². The van der Waals surface area contributed by atoms with E-state index in [1.807, 2.05) is 31.2 Å². The summed E-state index contributed by atoms with van der Waals surface area (Å²) in [5, 5.41) is 14.3. The number of hydrogen-bond donors (Lipinski definition) is 0. The van der Waals surface area contributed by atoms with Gasteiger partial charge in [-0.1, -0.05) is 47.9 Å². The Morgan fingerprint density at radius 2 is 2.00 bits per heavy atom. The van der Waals surface area contributed by atoms with Crippen LogP contribution in [0.1, 0.15) is 42.5 Å². The highest BCUT2D eigenvalue weighted by atomic mass is 35.5. The van der Waals surface area contributed by atoms with E-state index in [1.54, 1.807) is 18.2 Å². The van der Waals surface area contributed by atoms with Gasteiger partial charge in [0.25, 0.3) is 5.56 Å². The molecule has 0 N–H and O–H groups in total. The van der Waals surface area contributed by atoms with Crippen LogP contribution < -0.4 is 10.3 Å². The Bertz CT molecular complexity index is 1470. The van der Waals surface area contributed by atoms with E-state index in [0.717, 1.165) is 16.8 Å². The number of ether oxygens (including phenoxy) is 1. The zero-order valence-corrected chi connectivity index (χ0v) is 21.2. The van der Waals surface area contributed by atoms with Crippen LogP contribution in [0.3, 0.4) is 0 Å². The first-order valence-corrected chi connectivity index (χ1v) is 12.0. The van der Waals surface area contributed by atoms with Gasteiger partial charge in [-0.15, -0.1) is 0 Å². The largest absolute Gasteiger partial charge is 0.495 e. The van der Waals surface area contributed by atoms with Crippen LogP contribution in [0.15, 0.2) is 64.7 Å². The van der Waals surface area contributed by atoms with Crippen LogP contribution in [0.4, 0.5) is 0 Å². The molecule has 4 rings (SSSR count). The summed E-state index contributed by atoms with van der Waals surface area (Å²) >= 11 is 11.1. The maximum absolute atomic E-state index is 13.3. The van der Waals surface area contributed by atoms with Crippen LogP contribution in [0, 0.1) is 11.3 Å². The van der Waals surface area contributed by atoms with Crippen molar-refractivity contribution in [2.24, 2.45) is 5.16 Å². The molecule has 1 aliphatic heterocycles. The maximum Gasteiger partial charge on any atom is 0.252 e. The van der Waals surface area contributed by atoms with Gasteiger partial charge in [0.1, 0.15) is 5.75 Å². The van der Waals surface area contributed by atoms with E-state index in [4.69, 9.17) is 33.4 Å². The Labute approximate surface area is 218 Å². The number of carbonyl (C=O) groups is 1. The van der Waals surface area contributed by atoms with Crippen LogP contribution in [-0.4, -0.2) is 28.2 Å². The third-order valence-electron chi connectivity index (χ3n) is 5.99. The minimum Gasteiger partial charge on any atom is -0.495 e. The van der Waals surface area contributed by atoms with E-state index in [1.165, 1.54) is 23.9 Å². The number of methoxy groups -OCH3 is 1. The average Bonchev–Trinajstić information content (AvgIpc) is 3.31. The zero-order valence-electron chi connectivity index (χ0n) is 19.7. The first-order chi connectivity index (χ1) is 17.3. The average molecular weight is 520 g/mol. The minimum atomic E-state index is -0.681. The van der Waals surface area contributed by atoms with Gasteiger partial charge in [0.15, 0.2) is 5.78 Å². The molecular weight excluding hydrogens is 498 g/mol. The highest BCUT2D eigenvalue weighted by Crippen LogP contribution is 2.33. The maximum atomic E-state index is 13.3. The molecular formula is C27H22ClN3O4S. The van der Waals surface area contributed by atoms with Crippen LogP contribution in [0.5, 0.6) is 5.75 Å².